The third-order valence-corrected chi connectivity index (χ3v) is 5.46. The highest BCUT2D eigenvalue weighted by Crippen LogP contribution is 2.44. The summed E-state index contributed by atoms with van der Waals surface area (Å²) in [6.45, 7) is 0.884. The van der Waals surface area contributed by atoms with Crippen molar-refractivity contribution in [2.75, 3.05) is 6.54 Å². The van der Waals surface area contributed by atoms with E-state index in [1.807, 2.05) is 0 Å². The van der Waals surface area contributed by atoms with E-state index in [1.54, 1.807) is 0 Å². The van der Waals surface area contributed by atoms with Gasteiger partial charge in [-0.3, -0.25) is 0 Å². The number of aromatic nitrogens is 2. The number of hydrogen-bond donors (Lipinski definition) is 1. The van der Waals surface area contributed by atoms with Crippen LogP contribution in [0.4, 0.5) is 13.2 Å². The Kier molecular flexibility index (Phi) is 4.49. The maximum absolute atomic E-state index is 12.8. The molecule has 2 aliphatic carbocycles. The van der Waals surface area contributed by atoms with Crippen LogP contribution in [0.3, 0.4) is 0 Å². The lowest BCUT2D eigenvalue weighted by atomic mass is 9.81. The Morgan fingerprint density at radius 3 is 2.67 bits per heavy atom. The van der Waals surface area contributed by atoms with Crippen LogP contribution in [-0.4, -0.2) is 29.0 Å². The van der Waals surface area contributed by atoms with Gasteiger partial charge < -0.3 is 5.32 Å². The van der Waals surface area contributed by atoms with E-state index in [4.69, 9.17) is 0 Å². The molecule has 118 valence electrons. The highest BCUT2D eigenvalue weighted by atomic mass is 32.1. The van der Waals surface area contributed by atoms with E-state index in [1.165, 1.54) is 24.2 Å². The first-order valence-electron chi connectivity index (χ1n) is 7.65. The van der Waals surface area contributed by atoms with Crippen molar-refractivity contribution in [2.45, 2.75) is 63.1 Å². The summed E-state index contributed by atoms with van der Waals surface area (Å²) < 4.78 is 38.5. The van der Waals surface area contributed by atoms with Crippen molar-refractivity contribution >= 4 is 11.3 Å². The van der Waals surface area contributed by atoms with Gasteiger partial charge in [-0.1, -0.05) is 6.42 Å². The second-order valence-electron chi connectivity index (χ2n) is 6.11. The van der Waals surface area contributed by atoms with Crippen molar-refractivity contribution < 1.29 is 13.2 Å². The normalized spacial score (nSPS) is 27.0. The first-order chi connectivity index (χ1) is 10.0. The van der Waals surface area contributed by atoms with Gasteiger partial charge in [0.1, 0.15) is 10.0 Å². The van der Waals surface area contributed by atoms with Crippen LogP contribution in [0.1, 0.15) is 54.5 Å². The van der Waals surface area contributed by atoms with E-state index < -0.39 is 12.1 Å². The number of alkyl halides is 3. The summed E-state index contributed by atoms with van der Waals surface area (Å²) in [5.74, 6) is -1.23. The minimum absolute atomic E-state index is 0.0620. The molecule has 3 nitrogen and oxygen atoms in total. The topological polar surface area (TPSA) is 37.8 Å². The molecule has 1 heterocycles. The number of hydrogen-bond acceptors (Lipinski definition) is 4. The van der Waals surface area contributed by atoms with Gasteiger partial charge in [-0.05, 0) is 32.1 Å². The van der Waals surface area contributed by atoms with Gasteiger partial charge in [0.2, 0.25) is 0 Å². The Morgan fingerprint density at radius 2 is 1.95 bits per heavy atom. The van der Waals surface area contributed by atoms with Crippen LogP contribution in [0.2, 0.25) is 0 Å². The Bertz CT molecular complexity index is 470. The summed E-state index contributed by atoms with van der Waals surface area (Å²) in [6, 6.07) is 0.670. The molecule has 2 atom stereocenters. The van der Waals surface area contributed by atoms with Gasteiger partial charge >= 0.3 is 6.18 Å². The van der Waals surface area contributed by atoms with Gasteiger partial charge in [0.25, 0.3) is 0 Å². The molecule has 2 saturated carbocycles. The molecular formula is C14H20F3N3S. The molecule has 0 radical (unpaired) electrons. The zero-order valence-corrected chi connectivity index (χ0v) is 12.6. The lowest BCUT2D eigenvalue weighted by Gasteiger charge is -2.29. The van der Waals surface area contributed by atoms with Crippen LogP contribution in [-0.2, 0) is 6.42 Å². The van der Waals surface area contributed by atoms with E-state index in [2.05, 4.69) is 15.5 Å². The number of nitrogens with one attached hydrogen (secondary N) is 1. The van der Waals surface area contributed by atoms with Gasteiger partial charge in [-0.15, -0.1) is 21.5 Å². The molecule has 0 aromatic carbocycles. The molecule has 0 amide bonds. The summed E-state index contributed by atoms with van der Waals surface area (Å²) >= 11 is 1.49. The fourth-order valence-corrected chi connectivity index (χ4v) is 3.90. The van der Waals surface area contributed by atoms with E-state index in [9.17, 15) is 13.2 Å². The van der Waals surface area contributed by atoms with Crippen molar-refractivity contribution in [3.63, 3.8) is 0 Å². The molecular weight excluding hydrogens is 299 g/mol. The minimum Gasteiger partial charge on any atom is -0.314 e. The van der Waals surface area contributed by atoms with Crippen molar-refractivity contribution in [3.05, 3.63) is 10.0 Å². The summed E-state index contributed by atoms with van der Waals surface area (Å²) in [5, 5.41) is 13.4. The third-order valence-electron chi connectivity index (χ3n) is 4.32. The Labute approximate surface area is 126 Å². The second kappa shape index (κ2) is 6.20. The quantitative estimate of drug-likeness (QED) is 0.900. The predicted molar refractivity (Wildman–Crippen MR) is 75.4 cm³/mol. The van der Waals surface area contributed by atoms with Gasteiger partial charge in [0.15, 0.2) is 0 Å². The fourth-order valence-electron chi connectivity index (χ4n) is 2.91. The Balaban J connectivity index is 1.54. The molecule has 1 aromatic rings. The van der Waals surface area contributed by atoms with Crippen molar-refractivity contribution in [3.8, 4) is 0 Å². The standard InChI is InChI=1S/C14H20F3N3S/c15-14(16,17)10-3-1-2-9(8-10)13-20-19-12(21-13)6-7-18-11-4-5-11/h9-11,18H,1-8H2. The van der Waals surface area contributed by atoms with Crippen LogP contribution in [0.5, 0.6) is 0 Å². The molecule has 1 aromatic heterocycles. The van der Waals surface area contributed by atoms with Gasteiger partial charge in [0, 0.05) is 24.9 Å². The maximum atomic E-state index is 12.8. The van der Waals surface area contributed by atoms with Gasteiger partial charge in [0.05, 0.1) is 5.92 Å². The maximum Gasteiger partial charge on any atom is 0.391 e. The highest BCUT2D eigenvalue weighted by molar-refractivity contribution is 7.11. The molecule has 7 heteroatoms. The summed E-state index contributed by atoms with van der Waals surface area (Å²) in [5.41, 5.74) is 0. The monoisotopic (exact) mass is 319 g/mol. The molecule has 0 aliphatic heterocycles. The molecule has 1 N–H and O–H groups in total. The minimum atomic E-state index is -4.07. The molecule has 2 aliphatic rings. The van der Waals surface area contributed by atoms with Gasteiger partial charge in [-0.25, -0.2) is 0 Å². The Hall–Kier alpha value is -0.690. The lowest BCUT2D eigenvalue weighted by molar-refractivity contribution is -0.183. The zero-order chi connectivity index (χ0) is 14.9. The smallest absolute Gasteiger partial charge is 0.314 e. The van der Waals surface area contributed by atoms with Crippen molar-refractivity contribution in [2.24, 2.45) is 5.92 Å². The van der Waals surface area contributed by atoms with Crippen LogP contribution < -0.4 is 5.32 Å². The van der Waals surface area contributed by atoms with Crippen molar-refractivity contribution in [1.29, 1.82) is 0 Å². The SMILES string of the molecule is FC(F)(F)C1CCCC(c2nnc(CCNC3CC3)s2)C1. The first-order valence-corrected chi connectivity index (χ1v) is 8.46. The highest BCUT2D eigenvalue weighted by Gasteiger charge is 2.43. The lowest BCUT2D eigenvalue weighted by Crippen LogP contribution is -2.28. The average molecular weight is 319 g/mol. The molecule has 2 unspecified atom stereocenters. The third kappa shape index (κ3) is 4.16. The van der Waals surface area contributed by atoms with E-state index in [-0.39, 0.29) is 18.8 Å². The Morgan fingerprint density at radius 1 is 1.14 bits per heavy atom. The molecule has 0 bridgehead atoms. The van der Waals surface area contributed by atoms with Gasteiger partial charge in [-0.2, -0.15) is 13.2 Å². The molecule has 21 heavy (non-hydrogen) atoms. The van der Waals surface area contributed by atoms with Crippen LogP contribution >= 0.6 is 11.3 Å². The average Bonchev–Trinajstić information content (AvgIpc) is 3.14. The summed E-state index contributed by atoms with van der Waals surface area (Å²) in [4.78, 5) is 0. The van der Waals surface area contributed by atoms with Crippen LogP contribution in [0.15, 0.2) is 0 Å². The van der Waals surface area contributed by atoms with Crippen LogP contribution in [0, 0.1) is 5.92 Å². The number of rotatable bonds is 5. The second-order valence-corrected chi connectivity index (χ2v) is 7.21. The first kappa shape index (κ1) is 15.2. The summed E-state index contributed by atoms with van der Waals surface area (Å²) in [6.07, 6.45) is 1.14. The molecule has 0 spiro atoms. The van der Waals surface area contributed by atoms with E-state index >= 15 is 0 Å². The summed E-state index contributed by atoms with van der Waals surface area (Å²) in [7, 11) is 0. The number of nitrogens with zero attached hydrogens (tertiary/aromatic N) is 2. The number of halogens is 3. The zero-order valence-electron chi connectivity index (χ0n) is 11.8. The van der Waals surface area contributed by atoms with E-state index in [0.717, 1.165) is 29.4 Å². The fraction of sp³-hybridized carbons (Fsp3) is 0.857. The predicted octanol–water partition coefficient (Wildman–Crippen LogP) is 3.67. The molecule has 0 saturated heterocycles. The molecule has 2 fully saturated rings. The van der Waals surface area contributed by atoms with E-state index in [0.29, 0.717) is 12.5 Å². The van der Waals surface area contributed by atoms with Crippen molar-refractivity contribution in [1.82, 2.24) is 15.5 Å². The van der Waals surface area contributed by atoms with Crippen LogP contribution in [0.25, 0.3) is 0 Å². The largest absolute Gasteiger partial charge is 0.391 e. The molecule has 3 rings (SSSR count).